The van der Waals surface area contributed by atoms with Crippen molar-refractivity contribution in [1.29, 1.82) is 0 Å². The summed E-state index contributed by atoms with van der Waals surface area (Å²) in [5.74, 6) is 0.231. The van der Waals surface area contributed by atoms with Gasteiger partial charge >= 0.3 is 5.69 Å². The van der Waals surface area contributed by atoms with Gasteiger partial charge in [-0.3, -0.25) is 28.5 Å². The molecule has 5 rings (SSSR count). The molecule has 5 aromatic rings. The molecule has 0 saturated carbocycles. The summed E-state index contributed by atoms with van der Waals surface area (Å²) in [7, 11) is -2.60. The molecular formula is C24H19Cl2N7O4S. The van der Waals surface area contributed by atoms with Gasteiger partial charge in [0.05, 0.1) is 16.8 Å². The SMILES string of the molecule is C[C@@H](c1ccc(S(N)(=O)=O)cn1)n1c(=O)n(C)c(=O)c2c1nc(-c1ncccc1Cl)n2-c1ccc(Cl)cc1. The van der Waals surface area contributed by atoms with E-state index in [0.717, 1.165) is 10.8 Å². The van der Waals surface area contributed by atoms with E-state index in [1.807, 2.05) is 0 Å². The van der Waals surface area contributed by atoms with Crippen LogP contribution < -0.4 is 16.4 Å². The first-order valence-electron chi connectivity index (χ1n) is 11.1. The molecule has 0 aliphatic heterocycles. The fourth-order valence-corrected chi connectivity index (χ4v) is 4.89. The van der Waals surface area contributed by atoms with Crippen LogP contribution in [0.2, 0.25) is 10.0 Å². The average Bonchev–Trinajstić information content (AvgIpc) is 3.27. The Labute approximate surface area is 225 Å². The lowest BCUT2D eigenvalue weighted by atomic mass is 10.2. The van der Waals surface area contributed by atoms with Gasteiger partial charge in [0, 0.05) is 30.2 Å². The number of hydrogen-bond acceptors (Lipinski definition) is 7. The van der Waals surface area contributed by atoms with Crippen LogP contribution in [0.4, 0.5) is 0 Å². The van der Waals surface area contributed by atoms with Crippen molar-refractivity contribution in [2.75, 3.05) is 0 Å². The Morgan fingerprint density at radius 3 is 2.32 bits per heavy atom. The Morgan fingerprint density at radius 1 is 1.00 bits per heavy atom. The molecule has 1 atom stereocenters. The van der Waals surface area contributed by atoms with Crippen LogP contribution in [0.1, 0.15) is 18.7 Å². The smallest absolute Gasteiger partial charge is 0.285 e. The van der Waals surface area contributed by atoms with Crippen molar-refractivity contribution < 1.29 is 8.42 Å². The van der Waals surface area contributed by atoms with E-state index in [2.05, 4.69) is 9.97 Å². The number of fused-ring (bicyclic) bond motifs is 1. The Bertz CT molecular complexity index is 1930. The van der Waals surface area contributed by atoms with Crippen molar-refractivity contribution in [3.63, 3.8) is 0 Å². The lowest BCUT2D eigenvalue weighted by molar-refractivity contribution is 0.566. The molecule has 0 aliphatic carbocycles. The van der Waals surface area contributed by atoms with Crippen LogP contribution in [-0.2, 0) is 17.1 Å². The average molecular weight is 572 g/mol. The van der Waals surface area contributed by atoms with Gasteiger partial charge in [0.25, 0.3) is 5.56 Å². The Morgan fingerprint density at radius 2 is 1.71 bits per heavy atom. The monoisotopic (exact) mass is 571 g/mol. The predicted molar refractivity (Wildman–Crippen MR) is 143 cm³/mol. The molecule has 4 heterocycles. The predicted octanol–water partition coefficient (Wildman–Crippen LogP) is 2.91. The van der Waals surface area contributed by atoms with Crippen molar-refractivity contribution in [2.45, 2.75) is 17.9 Å². The molecular weight excluding hydrogens is 553 g/mol. The maximum atomic E-state index is 13.5. The topological polar surface area (TPSA) is 148 Å². The fourth-order valence-electron chi connectivity index (χ4n) is 4.11. The number of primary sulfonamides is 1. The van der Waals surface area contributed by atoms with E-state index in [1.165, 1.54) is 29.9 Å². The van der Waals surface area contributed by atoms with E-state index >= 15 is 0 Å². The zero-order chi connectivity index (χ0) is 27.4. The van der Waals surface area contributed by atoms with Crippen LogP contribution in [0.3, 0.4) is 0 Å². The number of halogens is 2. The summed E-state index contributed by atoms with van der Waals surface area (Å²) in [6.07, 6.45) is 2.65. The van der Waals surface area contributed by atoms with Crippen LogP contribution >= 0.6 is 23.2 Å². The lowest BCUT2D eigenvalue weighted by Gasteiger charge is -2.17. The van der Waals surface area contributed by atoms with E-state index in [1.54, 1.807) is 47.9 Å². The van der Waals surface area contributed by atoms with E-state index in [-0.39, 0.29) is 26.9 Å². The largest absolute Gasteiger partial charge is 0.333 e. The maximum Gasteiger partial charge on any atom is 0.333 e. The van der Waals surface area contributed by atoms with E-state index in [9.17, 15) is 18.0 Å². The number of hydrogen-bond donors (Lipinski definition) is 1. The molecule has 4 aromatic heterocycles. The van der Waals surface area contributed by atoms with Gasteiger partial charge in [0.15, 0.2) is 17.0 Å². The molecule has 0 bridgehead atoms. The number of aromatic nitrogens is 6. The van der Waals surface area contributed by atoms with Gasteiger partial charge in [-0.1, -0.05) is 23.2 Å². The van der Waals surface area contributed by atoms with Crippen LogP contribution in [-0.4, -0.2) is 37.1 Å². The minimum absolute atomic E-state index is 0.0644. The Kier molecular flexibility index (Phi) is 6.43. The minimum Gasteiger partial charge on any atom is -0.285 e. The van der Waals surface area contributed by atoms with Gasteiger partial charge in [0.1, 0.15) is 10.6 Å². The molecule has 0 aliphatic rings. The zero-order valence-electron chi connectivity index (χ0n) is 19.9. The van der Waals surface area contributed by atoms with Crippen LogP contribution in [0.25, 0.3) is 28.4 Å². The third kappa shape index (κ3) is 4.31. The quantitative estimate of drug-likeness (QED) is 0.341. The summed E-state index contributed by atoms with van der Waals surface area (Å²) >= 11 is 12.6. The van der Waals surface area contributed by atoms with Gasteiger partial charge < -0.3 is 0 Å². The van der Waals surface area contributed by atoms with Gasteiger partial charge in [-0.2, -0.15) is 0 Å². The molecule has 194 valence electrons. The Hall–Kier alpha value is -3.84. The normalized spacial score (nSPS) is 12.7. The number of imidazole rings is 1. The number of nitrogens with zero attached hydrogens (tertiary/aromatic N) is 6. The summed E-state index contributed by atoms with van der Waals surface area (Å²) in [4.78, 5) is 40.0. The second-order valence-electron chi connectivity index (χ2n) is 8.41. The molecule has 14 heteroatoms. The highest BCUT2D eigenvalue weighted by Crippen LogP contribution is 2.31. The maximum absolute atomic E-state index is 13.5. The van der Waals surface area contributed by atoms with Crippen molar-refractivity contribution in [3.05, 3.63) is 97.5 Å². The second kappa shape index (κ2) is 9.48. The third-order valence-corrected chi connectivity index (χ3v) is 7.50. The second-order valence-corrected chi connectivity index (χ2v) is 10.8. The summed E-state index contributed by atoms with van der Waals surface area (Å²) in [5.41, 5.74) is 0.106. The molecule has 0 amide bonds. The van der Waals surface area contributed by atoms with Gasteiger partial charge in [0.2, 0.25) is 10.0 Å². The molecule has 0 unspecified atom stereocenters. The van der Waals surface area contributed by atoms with Crippen molar-refractivity contribution >= 4 is 44.4 Å². The number of pyridine rings is 2. The van der Waals surface area contributed by atoms with Crippen LogP contribution in [0, 0.1) is 0 Å². The highest BCUT2D eigenvalue weighted by atomic mass is 35.5. The summed E-state index contributed by atoms with van der Waals surface area (Å²) in [6, 6.07) is 12.0. The summed E-state index contributed by atoms with van der Waals surface area (Å²) in [6.45, 7) is 1.68. The van der Waals surface area contributed by atoms with Gasteiger partial charge in [-0.15, -0.1) is 0 Å². The van der Waals surface area contributed by atoms with Crippen molar-refractivity contribution in [1.82, 2.24) is 28.7 Å². The van der Waals surface area contributed by atoms with E-state index < -0.39 is 27.3 Å². The molecule has 1 aromatic carbocycles. The van der Waals surface area contributed by atoms with E-state index in [0.29, 0.717) is 22.1 Å². The van der Waals surface area contributed by atoms with Crippen molar-refractivity contribution in [3.8, 4) is 17.2 Å². The van der Waals surface area contributed by atoms with Gasteiger partial charge in [-0.25, -0.2) is 23.3 Å². The lowest BCUT2D eigenvalue weighted by Crippen LogP contribution is -2.40. The molecule has 0 spiro atoms. The number of rotatable bonds is 5. The van der Waals surface area contributed by atoms with Gasteiger partial charge in [-0.05, 0) is 55.5 Å². The molecule has 2 N–H and O–H groups in total. The highest BCUT2D eigenvalue weighted by Gasteiger charge is 2.27. The molecule has 0 saturated heterocycles. The van der Waals surface area contributed by atoms with E-state index in [4.69, 9.17) is 33.3 Å². The summed E-state index contributed by atoms with van der Waals surface area (Å²) < 4.78 is 27.2. The van der Waals surface area contributed by atoms with Crippen LogP contribution in [0.15, 0.2) is 75.4 Å². The zero-order valence-corrected chi connectivity index (χ0v) is 22.2. The number of nitrogens with two attached hydrogens (primary N) is 1. The first-order chi connectivity index (χ1) is 18.0. The third-order valence-electron chi connectivity index (χ3n) is 6.05. The molecule has 11 nitrogen and oxygen atoms in total. The fraction of sp³-hybridized carbons (Fsp3) is 0.125. The summed E-state index contributed by atoms with van der Waals surface area (Å²) in [5, 5.41) is 5.96. The Balaban J connectivity index is 1.86. The number of benzene rings is 1. The standard InChI is InChI=1S/C24H19Cl2N7O4S/c1-13(18-10-9-16(12-29-18)38(27,36)37)32-22-20(23(34)31(2)24(32)35)33(15-7-5-14(25)6-8-15)21(30-22)19-17(26)4-3-11-28-19/h3-13H,1-2H3,(H2,27,36,37)/t13-/m0/s1. The van der Waals surface area contributed by atoms with Crippen molar-refractivity contribution in [2.24, 2.45) is 12.2 Å². The minimum atomic E-state index is -3.96. The molecule has 0 radical (unpaired) electrons. The number of sulfonamides is 1. The highest BCUT2D eigenvalue weighted by molar-refractivity contribution is 7.89. The first kappa shape index (κ1) is 25.8. The van der Waals surface area contributed by atoms with Crippen LogP contribution in [0.5, 0.6) is 0 Å². The molecule has 38 heavy (non-hydrogen) atoms. The molecule has 0 fully saturated rings. The first-order valence-corrected chi connectivity index (χ1v) is 13.4.